The number of halogens is 1. The van der Waals surface area contributed by atoms with Crippen molar-refractivity contribution in [1.82, 2.24) is 10.2 Å². The van der Waals surface area contributed by atoms with Gasteiger partial charge in [-0.3, -0.25) is 9.69 Å². The number of thiophene rings is 1. The van der Waals surface area contributed by atoms with Gasteiger partial charge in [-0.2, -0.15) is 0 Å². The molecule has 4 heterocycles. The molecule has 2 bridgehead atoms. The van der Waals surface area contributed by atoms with Crippen LogP contribution in [-0.4, -0.2) is 35.5 Å². The zero-order valence-electron chi connectivity index (χ0n) is 15.3. The number of carbonyl (C=O) groups excluding carboxylic acids is 1. The van der Waals surface area contributed by atoms with Crippen molar-refractivity contribution in [1.29, 1.82) is 0 Å². The van der Waals surface area contributed by atoms with Crippen molar-refractivity contribution in [3.63, 3.8) is 0 Å². The fourth-order valence-electron chi connectivity index (χ4n) is 5.05. The van der Waals surface area contributed by atoms with E-state index in [1.807, 2.05) is 12.1 Å². The lowest BCUT2D eigenvalue weighted by molar-refractivity contribution is -0.0377. The number of nitrogens with one attached hydrogen (secondary N) is 1. The van der Waals surface area contributed by atoms with Gasteiger partial charge in [-0.05, 0) is 87.5 Å². The summed E-state index contributed by atoms with van der Waals surface area (Å²) in [5.74, 6) is 1.27. The predicted octanol–water partition coefficient (Wildman–Crippen LogP) is 5.03. The van der Waals surface area contributed by atoms with Crippen LogP contribution in [0, 0.1) is 5.92 Å². The van der Waals surface area contributed by atoms with Crippen LogP contribution in [0.2, 0.25) is 5.02 Å². The molecule has 3 saturated heterocycles. The number of amides is 1. The van der Waals surface area contributed by atoms with Crippen molar-refractivity contribution in [2.24, 2.45) is 5.92 Å². The molecule has 1 N–H and O–H groups in total. The van der Waals surface area contributed by atoms with Crippen LogP contribution in [0.25, 0.3) is 10.1 Å². The molecular weight excluding hydrogens is 364 g/mol. The van der Waals surface area contributed by atoms with E-state index in [2.05, 4.69) is 30.1 Å². The van der Waals surface area contributed by atoms with Gasteiger partial charge in [0.05, 0.1) is 4.88 Å². The van der Waals surface area contributed by atoms with Gasteiger partial charge in [-0.25, -0.2) is 0 Å². The first-order valence-corrected chi connectivity index (χ1v) is 10.9. The molecule has 1 aromatic heterocycles. The highest BCUT2D eigenvalue weighted by Crippen LogP contribution is 2.48. The average Bonchev–Trinajstić information content (AvgIpc) is 3.35. The predicted molar refractivity (Wildman–Crippen MR) is 108 cm³/mol. The molecule has 4 aliphatic rings. The Hall–Kier alpha value is -1.10. The van der Waals surface area contributed by atoms with Gasteiger partial charge < -0.3 is 5.32 Å². The van der Waals surface area contributed by atoms with Crippen LogP contribution in [0.15, 0.2) is 18.2 Å². The van der Waals surface area contributed by atoms with Gasteiger partial charge in [0, 0.05) is 21.3 Å². The first kappa shape index (κ1) is 17.0. The van der Waals surface area contributed by atoms with E-state index in [0.29, 0.717) is 11.8 Å². The summed E-state index contributed by atoms with van der Waals surface area (Å²) in [6, 6.07) is 6.32. The lowest BCUT2D eigenvalue weighted by Crippen LogP contribution is -2.69. The highest BCUT2D eigenvalue weighted by atomic mass is 35.5. The van der Waals surface area contributed by atoms with E-state index >= 15 is 0 Å². The number of hydrogen-bond acceptors (Lipinski definition) is 3. The Morgan fingerprint density at radius 1 is 1.23 bits per heavy atom. The third-order valence-corrected chi connectivity index (χ3v) is 8.27. The Labute approximate surface area is 163 Å². The number of nitrogens with zero attached hydrogens (tertiary/aromatic N) is 1. The molecule has 26 heavy (non-hydrogen) atoms. The molecule has 0 spiro atoms. The molecule has 2 aromatic rings. The average molecular weight is 389 g/mol. The van der Waals surface area contributed by atoms with Crippen LogP contribution < -0.4 is 5.32 Å². The van der Waals surface area contributed by atoms with Gasteiger partial charge in [0.1, 0.15) is 0 Å². The Balaban J connectivity index is 1.45. The summed E-state index contributed by atoms with van der Waals surface area (Å²) in [6.45, 7) is 6.88. The van der Waals surface area contributed by atoms with Crippen molar-refractivity contribution < 1.29 is 4.79 Å². The smallest absolute Gasteiger partial charge is 0.261 e. The molecule has 0 unspecified atom stereocenters. The molecule has 6 rings (SSSR count). The van der Waals surface area contributed by atoms with Gasteiger partial charge in [0.2, 0.25) is 0 Å². The van der Waals surface area contributed by atoms with E-state index < -0.39 is 0 Å². The minimum absolute atomic E-state index is 0.0377. The van der Waals surface area contributed by atoms with Gasteiger partial charge in [0.15, 0.2) is 0 Å². The van der Waals surface area contributed by atoms with Gasteiger partial charge in [-0.1, -0.05) is 17.7 Å². The van der Waals surface area contributed by atoms with E-state index in [1.165, 1.54) is 35.9 Å². The summed E-state index contributed by atoms with van der Waals surface area (Å²) in [5.41, 5.74) is 1.30. The molecular formula is C21H25ClN2OS. The van der Waals surface area contributed by atoms with Crippen LogP contribution in [0.4, 0.5) is 0 Å². The summed E-state index contributed by atoms with van der Waals surface area (Å²) < 4.78 is 1.21. The van der Waals surface area contributed by atoms with Crippen molar-refractivity contribution in [2.45, 2.75) is 57.0 Å². The number of hydrogen-bond donors (Lipinski definition) is 1. The summed E-state index contributed by atoms with van der Waals surface area (Å²) in [7, 11) is 0. The van der Waals surface area contributed by atoms with Crippen LogP contribution in [-0.2, 0) is 0 Å². The van der Waals surface area contributed by atoms with Crippen LogP contribution in [0.5, 0.6) is 0 Å². The van der Waals surface area contributed by atoms with E-state index in [4.69, 9.17) is 11.6 Å². The maximum atomic E-state index is 13.1. The maximum Gasteiger partial charge on any atom is 0.261 e. The number of benzene rings is 1. The highest BCUT2D eigenvalue weighted by molar-refractivity contribution is 7.21. The molecule has 138 valence electrons. The molecule has 1 amide bonds. The summed E-state index contributed by atoms with van der Waals surface area (Å²) in [4.78, 5) is 16.4. The number of piperidine rings is 3. The van der Waals surface area contributed by atoms with Crippen molar-refractivity contribution in [2.75, 3.05) is 13.1 Å². The van der Waals surface area contributed by atoms with E-state index in [-0.39, 0.29) is 17.5 Å². The third-order valence-electron chi connectivity index (χ3n) is 6.76. The lowest BCUT2D eigenvalue weighted by atomic mass is 9.72. The summed E-state index contributed by atoms with van der Waals surface area (Å²) >= 11 is 8.08. The van der Waals surface area contributed by atoms with Crippen LogP contribution >= 0.6 is 22.9 Å². The number of rotatable bonds is 3. The summed E-state index contributed by atoms with van der Waals surface area (Å²) in [5, 5.41) is 5.40. The monoisotopic (exact) mass is 388 g/mol. The Bertz CT molecular complexity index is 878. The Morgan fingerprint density at radius 2 is 1.96 bits per heavy atom. The van der Waals surface area contributed by atoms with Crippen molar-refractivity contribution >= 4 is 38.9 Å². The number of carbonyl (C=O) groups is 1. The fourth-order valence-corrected chi connectivity index (χ4v) is 6.61. The van der Waals surface area contributed by atoms with Crippen molar-refractivity contribution in [3.05, 3.63) is 33.7 Å². The van der Waals surface area contributed by atoms with Gasteiger partial charge in [-0.15, -0.1) is 11.3 Å². The largest absolute Gasteiger partial charge is 0.346 e. The molecule has 0 radical (unpaired) electrons. The minimum atomic E-state index is 0.0377. The Kier molecular flexibility index (Phi) is 3.90. The molecule has 1 atom stereocenters. The topological polar surface area (TPSA) is 32.3 Å². The SMILES string of the molecule is CC1(C)[C@@H](NC(=O)c2cc3ccc(Cl)c(C4CC4)c3s2)C2CCN1CC2. The van der Waals surface area contributed by atoms with E-state index in [9.17, 15) is 4.79 Å². The van der Waals surface area contributed by atoms with Gasteiger partial charge in [0.25, 0.3) is 5.91 Å². The quantitative estimate of drug-likeness (QED) is 0.799. The molecule has 5 heteroatoms. The molecule has 3 nitrogen and oxygen atoms in total. The fraction of sp³-hybridized carbons (Fsp3) is 0.571. The second-order valence-corrected chi connectivity index (χ2v) is 10.2. The Morgan fingerprint density at radius 3 is 2.62 bits per heavy atom. The first-order valence-electron chi connectivity index (χ1n) is 9.73. The zero-order valence-corrected chi connectivity index (χ0v) is 16.9. The second kappa shape index (κ2) is 5.95. The molecule has 1 aliphatic carbocycles. The standard InChI is InChI=1S/C21H25ClN2OS/c1-21(2)19(13-7-9-24(21)10-8-13)23-20(25)16-11-14-5-6-15(22)17(12-3-4-12)18(14)26-16/h5-6,11-13,19H,3-4,7-10H2,1-2H3,(H,23,25)/t19-/m0/s1. The minimum Gasteiger partial charge on any atom is -0.346 e. The van der Waals surface area contributed by atoms with Crippen LogP contribution in [0.1, 0.15) is 60.7 Å². The first-order chi connectivity index (χ1) is 12.4. The molecule has 1 saturated carbocycles. The normalized spacial score (nSPS) is 29.9. The molecule has 4 fully saturated rings. The molecule has 1 aromatic carbocycles. The van der Waals surface area contributed by atoms with E-state index in [1.54, 1.807) is 11.3 Å². The third kappa shape index (κ3) is 2.61. The maximum absolute atomic E-state index is 13.1. The summed E-state index contributed by atoms with van der Waals surface area (Å²) in [6.07, 6.45) is 4.82. The van der Waals surface area contributed by atoms with Crippen LogP contribution in [0.3, 0.4) is 0 Å². The lowest BCUT2D eigenvalue weighted by Gasteiger charge is -2.56. The molecule has 3 aliphatic heterocycles. The van der Waals surface area contributed by atoms with Gasteiger partial charge >= 0.3 is 0 Å². The number of fused-ring (bicyclic) bond motifs is 4. The highest BCUT2D eigenvalue weighted by Gasteiger charge is 2.48. The van der Waals surface area contributed by atoms with Crippen molar-refractivity contribution in [3.8, 4) is 0 Å². The zero-order chi connectivity index (χ0) is 18.1. The van der Waals surface area contributed by atoms with E-state index in [0.717, 1.165) is 28.4 Å². The second-order valence-electron chi connectivity index (χ2n) is 8.69.